The summed E-state index contributed by atoms with van der Waals surface area (Å²) in [6.07, 6.45) is 1.79. The van der Waals surface area contributed by atoms with Gasteiger partial charge in [-0.2, -0.15) is 0 Å². The van der Waals surface area contributed by atoms with Crippen molar-refractivity contribution in [2.75, 3.05) is 17.1 Å². The molecule has 0 saturated heterocycles. The van der Waals surface area contributed by atoms with Gasteiger partial charge in [-0.3, -0.25) is 13.9 Å². The van der Waals surface area contributed by atoms with Crippen molar-refractivity contribution >= 4 is 39.1 Å². The summed E-state index contributed by atoms with van der Waals surface area (Å²) in [5.41, 5.74) is 1.16. The Labute approximate surface area is 195 Å². The Morgan fingerprint density at radius 1 is 1.03 bits per heavy atom. The van der Waals surface area contributed by atoms with E-state index in [0.717, 1.165) is 22.5 Å². The number of hydrogen-bond donors (Lipinski definition) is 1. The fourth-order valence-electron chi connectivity index (χ4n) is 3.05. The summed E-state index contributed by atoms with van der Waals surface area (Å²) in [6.45, 7) is 5.23. The van der Waals surface area contributed by atoms with E-state index < -0.39 is 28.5 Å². The first-order valence-corrected chi connectivity index (χ1v) is 12.6. The summed E-state index contributed by atoms with van der Waals surface area (Å²) < 4.78 is 25.9. The highest BCUT2D eigenvalue weighted by atomic mass is 35.5. The lowest BCUT2D eigenvalue weighted by molar-refractivity contribution is -0.139. The fraction of sp³-hybridized carbons (Fsp3) is 0.391. The van der Waals surface area contributed by atoms with Crippen molar-refractivity contribution in [3.8, 4) is 0 Å². The maximum atomic E-state index is 13.4. The van der Waals surface area contributed by atoms with Gasteiger partial charge in [0, 0.05) is 17.6 Å². The average Bonchev–Trinajstić information content (AvgIpc) is 2.75. The van der Waals surface area contributed by atoms with Gasteiger partial charge < -0.3 is 10.2 Å². The zero-order valence-electron chi connectivity index (χ0n) is 18.8. The zero-order valence-corrected chi connectivity index (χ0v) is 20.4. The van der Waals surface area contributed by atoms with Crippen LogP contribution in [0.25, 0.3) is 0 Å². The largest absolute Gasteiger partial charge is 0.352 e. The van der Waals surface area contributed by atoms with Gasteiger partial charge in [0.2, 0.25) is 21.8 Å². The Kier molecular flexibility index (Phi) is 9.09. The van der Waals surface area contributed by atoms with Crippen LogP contribution in [0.1, 0.15) is 32.8 Å². The number of halogens is 1. The molecule has 0 aliphatic rings. The van der Waals surface area contributed by atoms with Gasteiger partial charge in [0.15, 0.2) is 0 Å². The van der Waals surface area contributed by atoms with E-state index >= 15 is 0 Å². The van der Waals surface area contributed by atoms with Gasteiger partial charge in [-0.05, 0) is 50.1 Å². The summed E-state index contributed by atoms with van der Waals surface area (Å²) in [4.78, 5) is 27.6. The van der Waals surface area contributed by atoms with E-state index in [-0.39, 0.29) is 18.5 Å². The lowest BCUT2D eigenvalue weighted by Crippen LogP contribution is -2.52. The molecule has 0 saturated carbocycles. The van der Waals surface area contributed by atoms with Crippen molar-refractivity contribution in [3.05, 3.63) is 65.2 Å². The summed E-state index contributed by atoms with van der Waals surface area (Å²) in [5, 5.41) is 3.35. The van der Waals surface area contributed by atoms with Crippen LogP contribution in [0.5, 0.6) is 0 Å². The van der Waals surface area contributed by atoms with E-state index in [1.54, 1.807) is 19.1 Å². The number of carbonyl (C=O) groups is 2. The third-order valence-corrected chi connectivity index (χ3v) is 6.55. The lowest BCUT2D eigenvalue weighted by Gasteiger charge is -2.32. The molecule has 0 bridgehead atoms. The first-order chi connectivity index (χ1) is 15.0. The Morgan fingerprint density at radius 2 is 1.62 bits per heavy atom. The molecule has 174 valence electrons. The molecular weight excluding hydrogens is 450 g/mol. The van der Waals surface area contributed by atoms with Crippen LogP contribution >= 0.6 is 11.6 Å². The van der Waals surface area contributed by atoms with Crippen molar-refractivity contribution in [2.24, 2.45) is 0 Å². The SMILES string of the molecule is CC[C@@H](C)NC(=O)[C@H](C)N(Cc1ccccc1)C(=O)CN(c1ccc(Cl)cc1)S(C)(=O)=O. The van der Waals surface area contributed by atoms with Gasteiger partial charge in [0.05, 0.1) is 11.9 Å². The number of nitrogens with zero attached hydrogens (tertiary/aromatic N) is 2. The molecule has 32 heavy (non-hydrogen) atoms. The molecule has 2 rings (SSSR count). The molecule has 0 heterocycles. The fourth-order valence-corrected chi connectivity index (χ4v) is 4.02. The Morgan fingerprint density at radius 3 is 2.16 bits per heavy atom. The number of amides is 2. The molecule has 0 aliphatic heterocycles. The van der Waals surface area contributed by atoms with E-state index in [9.17, 15) is 18.0 Å². The minimum atomic E-state index is -3.76. The first kappa shape index (κ1) is 25.7. The summed E-state index contributed by atoms with van der Waals surface area (Å²) in [5.74, 6) is -0.776. The molecule has 0 aliphatic carbocycles. The second kappa shape index (κ2) is 11.3. The van der Waals surface area contributed by atoms with E-state index in [1.807, 2.05) is 44.2 Å². The van der Waals surface area contributed by atoms with Crippen LogP contribution < -0.4 is 9.62 Å². The van der Waals surface area contributed by atoms with Crippen LogP contribution in [0, 0.1) is 0 Å². The Hall–Kier alpha value is -2.58. The molecule has 0 spiro atoms. The van der Waals surface area contributed by atoms with Crippen LogP contribution in [-0.2, 0) is 26.2 Å². The summed E-state index contributed by atoms with van der Waals surface area (Å²) in [7, 11) is -3.76. The highest BCUT2D eigenvalue weighted by molar-refractivity contribution is 7.92. The molecule has 1 N–H and O–H groups in total. The molecule has 0 aromatic heterocycles. The van der Waals surface area contributed by atoms with Crippen LogP contribution in [0.2, 0.25) is 5.02 Å². The van der Waals surface area contributed by atoms with E-state index in [4.69, 9.17) is 11.6 Å². The van der Waals surface area contributed by atoms with Crippen LogP contribution in [0.4, 0.5) is 5.69 Å². The first-order valence-electron chi connectivity index (χ1n) is 10.4. The average molecular weight is 480 g/mol. The minimum absolute atomic E-state index is 0.0415. The molecule has 2 aromatic rings. The quantitative estimate of drug-likeness (QED) is 0.565. The van der Waals surface area contributed by atoms with Crippen molar-refractivity contribution in [2.45, 2.75) is 45.8 Å². The molecular formula is C23H30ClN3O4S. The number of hydrogen-bond acceptors (Lipinski definition) is 4. The Balaban J connectivity index is 2.34. The molecule has 2 amide bonds. The highest BCUT2D eigenvalue weighted by Crippen LogP contribution is 2.21. The van der Waals surface area contributed by atoms with Gasteiger partial charge in [-0.15, -0.1) is 0 Å². The smallest absolute Gasteiger partial charge is 0.244 e. The standard InChI is InChI=1S/C23H30ClN3O4S/c1-5-17(2)25-23(29)18(3)26(15-19-9-7-6-8-10-19)22(28)16-27(32(4,30)31)21-13-11-20(24)12-14-21/h6-14,17-18H,5,15-16H2,1-4H3,(H,25,29)/t17-,18+/m1/s1. The van der Waals surface area contributed by atoms with Gasteiger partial charge in [0.25, 0.3) is 0 Å². The van der Waals surface area contributed by atoms with Crippen molar-refractivity contribution in [1.82, 2.24) is 10.2 Å². The molecule has 7 nitrogen and oxygen atoms in total. The van der Waals surface area contributed by atoms with Crippen molar-refractivity contribution in [3.63, 3.8) is 0 Å². The number of nitrogens with one attached hydrogen (secondary N) is 1. The van der Waals surface area contributed by atoms with Gasteiger partial charge in [-0.25, -0.2) is 8.42 Å². The zero-order chi connectivity index (χ0) is 23.9. The van der Waals surface area contributed by atoms with Gasteiger partial charge in [0.1, 0.15) is 12.6 Å². The maximum absolute atomic E-state index is 13.4. The molecule has 0 fully saturated rings. The van der Waals surface area contributed by atoms with Crippen LogP contribution in [0.3, 0.4) is 0 Å². The number of sulfonamides is 1. The van der Waals surface area contributed by atoms with Gasteiger partial charge in [-0.1, -0.05) is 48.9 Å². The van der Waals surface area contributed by atoms with Crippen LogP contribution in [0.15, 0.2) is 54.6 Å². The predicted molar refractivity (Wildman–Crippen MR) is 128 cm³/mol. The summed E-state index contributed by atoms with van der Waals surface area (Å²) >= 11 is 5.92. The highest BCUT2D eigenvalue weighted by Gasteiger charge is 2.30. The third kappa shape index (κ3) is 7.24. The van der Waals surface area contributed by atoms with Crippen molar-refractivity contribution < 1.29 is 18.0 Å². The second-order valence-corrected chi connectivity index (χ2v) is 10.1. The van der Waals surface area contributed by atoms with E-state index in [2.05, 4.69) is 5.32 Å². The minimum Gasteiger partial charge on any atom is -0.352 e. The molecule has 0 radical (unpaired) electrons. The number of rotatable bonds is 10. The molecule has 9 heteroatoms. The normalized spacial score (nSPS) is 13.2. The monoisotopic (exact) mass is 479 g/mol. The van der Waals surface area contributed by atoms with Crippen molar-refractivity contribution in [1.29, 1.82) is 0 Å². The van der Waals surface area contributed by atoms with E-state index in [1.165, 1.54) is 17.0 Å². The van der Waals surface area contributed by atoms with E-state index in [0.29, 0.717) is 10.7 Å². The molecule has 0 unspecified atom stereocenters. The number of benzene rings is 2. The second-order valence-electron chi connectivity index (χ2n) is 7.75. The maximum Gasteiger partial charge on any atom is 0.244 e. The molecule has 2 atom stereocenters. The predicted octanol–water partition coefficient (Wildman–Crippen LogP) is 3.44. The third-order valence-electron chi connectivity index (χ3n) is 5.16. The summed E-state index contributed by atoms with van der Waals surface area (Å²) in [6, 6.07) is 14.6. The Bertz CT molecular complexity index is 1010. The topological polar surface area (TPSA) is 86.8 Å². The molecule has 2 aromatic carbocycles. The number of carbonyl (C=O) groups excluding carboxylic acids is 2. The van der Waals surface area contributed by atoms with Crippen LogP contribution in [-0.4, -0.2) is 50.0 Å². The van der Waals surface area contributed by atoms with Gasteiger partial charge >= 0.3 is 0 Å². The number of anilines is 1. The lowest BCUT2D eigenvalue weighted by atomic mass is 10.1.